The normalized spacial score (nSPS) is 26.3. The zero-order valence-corrected chi connectivity index (χ0v) is 21.1. The molecule has 0 bridgehead atoms. The first kappa shape index (κ1) is 23.8. The van der Waals surface area contributed by atoms with Crippen molar-refractivity contribution in [3.8, 4) is 23.0 Å². The Morgan fingerprint density at radius 2 is 1.72 bits per heavy atom. The molecule has 1 spiro atoms. The molecule has 3 aromatic rings. The van der Waals surface area contributed by atoms with E-state index in [1.54, 1.807) is 42.5 Å². The zero-order valence-electron chi connectivity index (χ0n) is 20.3. The van der Waals surface area contributed by atoms with E-state index in [9.17, 15) is 24.6 Å². The lowest BCUT2D eigenvalue weighted by molar-refractivity contribution is -0.143. The fourth-order valence-electron chi connectivity index (χ4n) is 6.34. The van der Waals surface area contributed by atoms with Crippen LogP contribution in [-0.4, -0.2) is 45.7 Å². The zero-order chi connectivity index (χ0) is 27.1. The molecular formula is C28H22ClN3O7. The van der Waals surface area contributed by atoms with Crippen LogP contribution in [0.5, 0.6) is 23.0 Å². The number of nitrogens with one attached hydrogen (secondary N) is 2. The number of anilines is 1. The van der Waals surface area contributed by atoms with Gasteiger partial charge in [0.15, 0.2) is 23.0 Å². The number of aromatic hydroxyl groups is 2. The summed E-state index contributed by atoms with van der Waals surface area (Å²) in [5, 5.41) is 26.4. The molecule has 4 aliphatic heterocycles. The Morgan fingerprint density at radius 1 is 0.923 bits per heavy atom. The van der Waals surface area contributed by atoms with Gasteiger partial charge < -0.3 is 25.0 Å². The van der Waals surface area contributed by atoms with Gasteiger partial charge in [-0.15, -0.1) is 0 Å². The van der Waals surface area contributed by atoms with E-state index >= 15 is 0 Å². The largest absolute Gasteiger partial charge is 0.504 e. The molecule has 2 fully saturated rings. The average molecular weight is 548 g/mol. The molecule has 198 valence electrons. The molecule has 4 N–H and O–H groups in total. The third-order valence-corrected chi connectivity index (χ3v) is 8.28. The van der Waals surface area contributed by atoms with Crippen molar-refractivity contribution in [2.24, 2.45) is 11.8 Å². The Balaban J connectivity index is 1.30. The number of likely N-dealkylation sites (tertiary alicyclic amines) is 1. The minimum Gasteiger partial charge on any atom is -0.504 e. The first-order chi connectivity index (χ1) is 18.8. The van der Waals surface area contributed by atoms with E-state index in [4.69, 9.17) is 21.1 Å². The first-order valence-electron chi connectivity index (χ1n) is 12.4. The van der Waals surface area contributed by atoms with Gasteiger partial charge in [0.2, 0.25) is 24.5 Å². The van der Waals surface area contributed by atoms with E-state index in [1.807, 2.05) is 0 Å². The number of phenols is 2. The van der Waals surface area contributed by atoms with Crippen LogP contribution >= 0.6 is 11.6 Å². The summed E-state index contributed by atoms with van der Waals surface area (Å²) in [6, 6.07) is 14.0. The van der Waals surface area contributed by atoms with Crippen molar-refractivity contribution in [3.63, 3.8) is 0 Å². The van der Waals surface area contributed by atoms with E-state index < -0.39 is 41.1 Å². The van der Waals surface area contributed by atoms with Gasteiger partial charge in [-0.3, -0.25) is 24.6 Å². The number of fused-ring (bicyclic) bond motifs is 5. The number of halogens is 1. The number of imide groups is 1. The molecule has 0 aromatic heterocycles. The van der Waals surface area contributed by atoms with Crippen LogP contribution in [0.1, 0.15) is 16.7 Å². The van der Waals surface area contributed by atoms with Crippen molar-refractivity contribution in [1.82, 2.24) is 10.2 Å². The number of phenolic OH excluding ortho intramolecular Hbond substituents is 2. The van der Waals surface area contributed by atoms with Crippen LogP contribution < -0.4 is 20.1 Å². The number of hydrogen-bond donors (Lipinski definition) is 4. The van der Waals surface area contributed by atoms with Gasteiger partial charge in [0, 0.05) is 22.3 Å². The maximum Gasteiger partial charge on any atom is 0.250 e. The Labute approximate surface area is 227 Å². The lowest BCUT2D eigenvalue weighted by Gasteiger charge is -2.29. The Morgan fingerprint density at radius 3 is 2.54 bits per heavy atom. The van der Waals surface area contributed by atoms with Crippen LogP contribution in [0, 0.1) is 11.8 Å². The van der Waals surface area contributed by atoms with Crippen LogP contribution in [-0.2, 0) is 32.9 Å². The molecule has 0 radical (unpaired) electrons. The highest BCUT2D eigenvalue weighted by Crippen LogP contribution is 2.54. The molecule has 0 aliphatic carbocycles. The smallest absolute Gasteiger partial charge is 0.250 e. The van der Waals surface area contributed by atoms with Crippen molar-refractivity contribution < 1.29 is 34.1 Å². The number of carbonyl (C=O) groups excluding carboxylic acids is 3. The molecule has 7 rings (SSSR count). The number of rotatable bonds is 4. The number of hydrogen-bond acceptors (Lipinski definition) is 8. The fraction of sp³-hybridized carbons (Fsp3) is 0.250. The first-order valence-corrected chi connectivity index (χ1v) is 12.8. The Bertz CT molecular complexity index is 1590. The predicted molar refractivity (Wildman–Crippen MR) is 137 cm³/mol. The molecule has 4 unspecified atom stereocenters. The van der Waals surface area contributed by atoms with Crippen LogP contribution in [0.3, 0.4) is 0 Å². The fourth-order valence-corrected chi connectivity index (χ4v) is 6.51. The molecule has 3 amide bonds. The topological polar surface area (TPSA) is 137 Å². The lowest BCUT2D eigenvalue weighted by atomic mass is 9.76. The van der Waals surface area contributed by atoms with E-state index in [0.717, 1.165) is 0 Å². The molecule has 4 heterocycles. The highest BCUT2D eigenvalue weighted by atomic mass is 35.5. The molecule has 2 saturated heterocycles. The number of amides is 3. The summed E-state index contributed by atoms with van der Waals surface area (Å²) in [5.74, 6) is -2.62. The molecule has 4 aliphatic rings. The number of carbonyl (C=O) groups is 3. The maximum atomic E-state index is 14.1. The summed E-state index contributed by atoms with van der Waals surface area (Å²) in [5.41, 5.74) is 0.829. The Kier molecular flexibility index (Phi) is 5.10. The van der Waals surface area contributed by atoms with Crippen molar-refractivity contribution in [1.29, 1.82) is 0 Å². The van der Waals surface area contributed by atoms with E-state index in [2.05, 4.69) is 10.6 Å². The second kappa shape index (κ2) is 8.36. The predicted octanol–water partition coefficient (Wildman–Crippen LogP) is 2.64. The van der Waals surface area contributed by atoms with Gasteiger partial charge in [-0.25, -0.2) is 0 Å². The maximum absolute atomic E-state index is 14.1. The van der Waals surface area contributed by atoms with Crippen molar-refractivity contribution >= 4 is 35.0 Å². The molecule has 11 heteroatoms. The van der Waals surface area contributed by atoms with Crippen LogP contribution in [0.25, 0.3) is 0 Å². The Hall–Kier alpha value is -4.28. The SMILES string of the molecule is O=C1C2C(Cc3ccc(O)c(O)c3)NC3(C(=O)Nc4ccc(Cl)cc43)C2C(=O)N1Cc1ccc2c(c1)OCO2. The summed E-state index contributed by atoms with van der Waals surface area (Å²) >= 11 is 6.32. The van der Waals surface area contributed by atoms with Gasteiger partial charge in [-0.2, -0.15) is 0 Å². The van der Waals surface area contributed by atoms with Gasteiger partial charge in [-0.05, 0) is 60.0 Å². The second-order valence-electron chi connectivity index (χ2n) is 10.2. The monoisotopic (exact) mass is 547 g/mol. The highest BCUT2D eigenvalue weighted by Gasteiger charge is 2.70. The summed E-state index contributed by atoms with van der Waals surface area (Å²) in [7, 11) is 0. The van der Waals surface area contributed by atoms with Gasteiger partial charge in [0.05, 0.1) is 18.4 Å². The van der Waals surface area contributed by atoms with E-state index in [-0.39, 0.29) is 31.3 Å². The minimum atomic E-state index is -1.51. The van der Waals surface area contributed by atoms with Gasteiger partial charge in [0.25, 0.3) is 0 Å². The third kappa shape index (κ3) is 3.41. The van der Waals surface area contributed by atoms with Crippen molar-refractivity contribution in [2.45, 2.75) is 24.5 Å². The minimum absolute atomic E-state index is 0.00806. The highest BCUT2D eigenvalue weighted by molar-refractivity contribution is 6.31. The van der Waals surface area contributed by atoms with Crippen LogP contribution in [0.4, 0.5) is 5.69 Å². The quantitative estimate of drug-likeness (QED) is 0.289. The molecule has 0 saturated carbocycles. The third-order valence-electron chi connectivity index (χ3n) is 8.04. The van der Waals surface area contributed by atoms with E-state index in [0.29, 0.717) is 38.9 Å². The molecule has 10 nitrogen and oxygen atoms in total. The molecule has 3 aromatic carbocycles. The molecular weight excluding hydrogens is 526 g/mol. The van der Waals surface area contributed by atoms with Gasteiger partial charge in [-0.1, -0.05) is 23.7 Å². The van der Waals surface area contributed by atoms with Crippen molar-refractivity contribution in [3.05, 3.63) is 76.3 Å². The number of ether oxygens (including phenoxy) is 2. The summed E-state index contributed by atoms with van der Waals surface area (Å²) in [6.45, 7) is 0.110. The van der Waals surface area contributed by atoms with Gasteiger partial charge >= 0.3 is 0 Å². The average Bonchev–Trinajstić information content (AvgIpc) is 3.64. The summed E-state index contributed by atoms with van der Waals surface area (Å²) < 4.78 is 10.8. The second-order valence-corrected chi connectivity index (χ2v) is 10.6. The van der Waals surface area contributed by atoms with E-state index in [1.165, 1.54) is 17.0 Å². The standard InChI is InChI=1S/C28H22ClN3O7/c29-15-3-4-17-16(10-15)28(27(37)30-17)24-23(18(31-28)7-13-1-5-19(33)20(34)8-13)25(35)32(26(24)36)11-14-2-6-21-22(9-14)39-12-38-21/h1-6,8-10,18,23-24,31,33-34H,7,11-12H2,(H,30,37). The van der Waals surface area contributed by atoms with Crippen LogP contribution in [0.15, 0.2) is 54.6 Å². The summed E-state index contributed by atoms with van der Waals surface area (Å²) in [4.78, 5) is 42.9. The van der Waals surface area contributed by atoms with Gasteiger partial charge in [0.1, 0.15) is 5.54 Å². The molecule has 4 atom stereocenters. The van der Waals surface area contributed by atoms with Crippen LogP contribution in [0.2, 0.25) is 5.02 Å². The number of nitrogens with zero attached hydrogens (tertiary/aromatic N) is 1. The lowest BCUT2D eigenvalue weighted by Crippen LogP contribution is -2.53. The summed E-state index contributed by atoms with van der Waals surface area (Å²) in [6.07, 6.45) is 0.219. The molecule has 39 heavy (non-hydrogen) atoms. The number of benzene rings is 3. The van der Waals surface area contributed by atoms with Crippen molar-refractivity contribution in [2.75, 3.05) is 12.1 Å².